The van der Waals surface area contributed by atoms with Gasteiger partial charge in [-0.05, 0) is 50.0 Å². The molecule has 0 aromatic carbocycles. The number of rotatable bonds is 4. The molecular formula is C13H21N5O2. The van der Waals surface area contributed by atoms with E-state index in [-0.39, 0.29) is 6.04 Å². The monoisotopic (exact) mass is 279 g/mol. The van der Waals surface area contributed by atoms with Gasteiger partial charge in [0.25, 0.3) is 0 Å². The van der Waals surface area contributed by atoms with Crippen LogP contribution in [0.5, 0.6) is 0 Å². The lowest BCUT2D eigenvalue weighted by Gasteiger charge is -2.41. The van der Waals surface area contributed by atoms with Gasteiger partial charge in [0, 0.05) is 6.42 Å². The first-order chi connectivity index (χ1) is 9.72. The lowest BCUT2D eigenvalue weighted by atomic mass is 9.69. The fraction of sp³-hybridized carbons (Fsp3) is 0.846. The van der Waals surface area contributed by atoms with Crippen molar-refractivity contribution in [2.24, 2.45) is 17.8 Å². The van der Waals surface area contributed by atoms with Gasteiger partial charge in [0.15, 0.2) is 5.82 Å². The zero-order valence-electron chi connectivity index (χ0n) is 11.5. The summed E-state index contributed by atoms with van der Waals surface area (Å²) in [6.45, 7) is 0.860. The van der Waals surface area contributed by atoms with Crippen molar-refractivity contribution in [1.82, 2.24) is 25.9 Å². The van der Waals surface area contributed by atoms with Crippen LogP contribution in [-0.4, -0.2) is 44.3 Å². The molecule has 1 saturated heterocycles. The molecular weight excluding hydrogens is 258 g/mol. The van der Waals surface area contributed by atoms with E-state index in [9.17, 15) is 4.79 Å². The topological polar surface area (TPSA) is 104 Å². The van der Waals surface area contributed by atoms with Crippen molar-refractivity contribution in [2.45, 2.75) is 44.6 Å². The zero-order chi connectivity index (χ0) is 13.9. The third kappa shape index (κ3) is 2.98. The van der Waals surface area contributed by atoms with Crippen LogP contribution in [0.15, 0.2) is 0 Å². The summed E-state index contributed by atoms with van der Waals surface area (Å²) in [6.07, 6.45) is 6.30. The number of aromatic amines is 1. The SMILES string of the molecule is O=C(O)[C@@H]1C[C@H]2CC(CCc3nn[nH]n3)CC[C@@H]2CN1. The van der Waals surface area contributed by atoms with Gasteiger partial charge in [-0.25, -0.2) is 0 Å². The van der Waals surface area contributed by atoms with Crippen molar-refractivity contribution in [1.29, 1.82) is 0 Å². The highest BCUT2D eigenvalue weighted by atomic mass is 16.4. The highest BCUT2D eigenvalue weighted by Gasteiger charge is 2.37. The van der Waals surface area contributed by atoms with E-state index in [2.05, 4.69) is 25.9 Å². The summed E-state index contributed by atoms with van der Waals surface area (Å²) in [5, 5.41) is 26.3. The van der Waals surface area contributed by atoms with Crippen molar-refractivity contribution in [3.8, 4) is 0 Å². The van der Waals surface area contributed by atoms with E-state index < -0.39 is 5.97 Å². The number of aromatic nitrogens is 4. The second kappa shape index (κ2) is 5.87. The average Bonchev–Trinajstić information content (AvgIpc) is 2.97. The van der Waals surface area contributed by atoms with E-state index in [1.807, 2.05) is 0 Å². The number of tetrazole rings is 1. The third-order valence-corrected chi connectivity index (χ3v) is 4.88. The Morgan fingerprint density at radius 2 is 2.20 bits per heavy atom. The number of nitrogens with zero attached hydrogens (tertiary/aromatic N) is 3. The average molecular weight is 279 g/mol. The third-order valence-electron chi connectivity index (χ3n) is 4.88. The van der Waals surface area contributed by atoms with E-state index in [0.29, 0.717) is 17.8 Å². The number of H-pyrrole nitrogens is 1. The standard InChI is InChI=1S/C13H21N5O2/c19-13(20)11-6-10-5-8(1-3-9(10)7-14-11)2-4-12-15-17-18-16-12/h8-11,14H,1-7H2,(H,19,20)(H,15,16,17,18)/t8?,9-,10-,11+/m1/s1. The molecule has 1 saturated carbocycles. The fourth-order valence-electron chi connectivity index (χ4n) is 3.73. The van der Waals surface area contributed by atoms with Gasteiger partial charge in [-0.2, -0.15) is 5.21 Å². The van der Waals surface area contributed by atoms with Crippen molar-refractivity contribution >= 4 is 5.97 Å². The normalized spacial score (nSPS) is 33.6. The van der Waals surface area contributed by atoms with Gasteiger partial charge in [0.05, 0.1) is 0 Å². The van der Waals surface area contributed by atoms with Crippen molar-refractivity contribution < 1.29 is 9.90 Å². The second-order valence-electron chi connectivity index (χ2n) is 6.10. The van der Waals surface area contributed by atoms with Crippen LogP contribution in [-0.2, 0) is 11.2 Å². The predicted molar refractivity (Wildman–Crippen MR) is 70.9 cm³/mol. The number of piperidine rings is 1. The second-order valence-corrected chi connectivity index (χ2v) is 6.10. The van der Waals surface area contributed by atoms with Gasteiger partial charge < -0.3 is 10.4 Å². The molecule has 7 heteroatoms. The van der Waals surface area contributed by atoms with Gasteiger partial charge in [-0.15, -0.1) is 10.2 Å². The molecule has 1 aliphatic carbocycles. The largest absolute Gasteiger partial charge is 0.480 e. The maximum absolute atomic E-state index is 11.1. The molecule has 1 aliphatic heterocycles. The molecule has 0 bridgehead atoms. The van der Waals surface area contributed by atoms with Crippen molar-refractivity contribution in [2.75, 3.05) is 6.54 Å². The molecule has 0 spiro atoms. The van der Waals surface area contributed by atoms with Gasteiger partial charge in [-0.3, -0.25) is 4.79 Å². The summed E-state index contributed by atoms with van der Waals surface area (Å²) in [5.74, 6) is 1.95. The van der Waals surface area contributed by atoms with Crippen LogP contribution in [0.2, 0.25) is 0 Å². The summed E-state index contributed by atoms with van der Waals surface area (Å²) in [7, 11) is 0. The molecule has 3 N–H and O–H groups in total. The van der Waals surface area contributed by atoms with Crippen LogP contribution in [0.25, 0.3) is 0 Å². The Bertz CT molecular complexity index is 450. The van der Waals surface area contributed by atoms with Crippen LogP contribution in [0, 0.1) is 17.8 Å². The Kier molecular flexibility index (Phi) is 3.95. The summed E-state index contributed by atoms with van der Waals surface area (Å²) in [4.78, 5) is 11.1. The van der Waals surface area contributed by atoms with Crippen LogP contribution in [0.4, 0.5) is 0 Å². The van der Waals surface area contributed by atoms with Crippen molar-refractivity contribution in [3.63, 3.8) is 0 Å². The minimum absolute atomic E-state index is 0.354. The molecule has 2 heterocycles. The maximum atomic E-state index is 11.1. The summed E-state index contributed by atoms with van der Waals surface area (Å²) in [5.41, 5.74) is 0. The van der Waals surface area contributed by atoms with Gasteiger partial charge in [-0.1, -0.05) is 11.6 Å². The van der Waals surface area contributed by atoms with E-state index in [0.717, 1.165) is 38.1 Å². The first-order valence-corrected chi connectivity index (χ1v) is 7.41. The molecule has 2 aliphatic rings. The van der Waals surface area contributed by atoms with Crippen molar-refractivity contribution in [3.05, 3.63) is 5.82 Å². The van der Waals surface area contributed by atoms with Crippen LogP contribution in [0.1, 0.15) is 37.9 Å². The predicted octanol–water partition coefficient (Wildman–Crippen LogP) is 0.611. The summed E-state index contributed by atoms with van der Waals surface area (Å²) < 4.78 is 0. The molecule has 110 valence electrons. The summed E-state index contributed by atoms with van der Waals surface area (Å²) >= 11 is 0. The number of carboxylic acid groups (broad SMARTS) is 1. The van der Waals surface area contributed by atoms with Gasteiger partial charge in [0.1, 0.15) is 6.04 Å². The first kappa shape index (κ1) is 13.5. The Morgan fingerprint density at radius 1 is 1.30 bits per heavy atom. The van der Waals surface area contributed by atoms with E-state index >= 15 is 0 Å². The quantitative estimate of drug-likeness (QED) is 0.746. The summed E-state index contributed by atoms with van der Waals surface area (Å²) in [6, 6.07) is -0.354. The van der Waals surface area contributed by atoms with Crippen LogP contribution in [0.3, 0.4) is 0 Å². The Labute approximate surface area is 117 Å². The molecule has 4 atom stereocenters. The lowest BCUT2D eigenvalue weighted by Crippen LogP contribution is -2.49. The zero-order valence-corrected chi connectivity index (χ0v) is 11.5. The smallest absolute Gasteiger partial charge is 0.320 e. The minimum atomic E-state index is -0.711. The molecule has 2 fully saturated rings. The molecule has 1 aromatic heterocycles. The highest BCUT2D eigenvalue weighted by Crippen LogP contribution is 2.40. The number of aryl methyl sites for hydroxylation is 1. The number of nitrogens with one attached hydrogen (secondary N) is 2. The van der Waals surface area contributed by atoms with Crippen LogP contribution >= 0.6 is 0 Å². The van der Waals surface area contributed by atoms with E-state index in [1.54, 1.807) is 0 Å². The lowest BCUT2D eigenvalue weighted by molar-refractivity contribution is -0.141. The molecule has 0 amide bonds. The Hall–Kier alpha value is -1.50. The number of hydrogen-bond acceptors (Lipinski definition) is 5. The number of carbonyl (C=O) groups is 1. The molecule has 1 aromatic rings. The molecule has 7 nitrogen and oxygen atoms in total. The minimum Gasteiger partial charge on any atom is -0.480 e. The highest BCUT2D eigenvalue weighted by molar-refractivity contribution is 5.73. The van der Waals surface area contributed by atoms with E-state index in [1.165, 1.54) is 12.8 Å². The molecule has 3 rings (SSSR count). The number of carboxylic acids is 1. The molecule has 20 heavy (non-hydrogen) atoms. The maximum Gasteiger partial charge on any atom is 0.320 e. The molecule has 0 radical (unpaired) electrons. The number of fused-ring (bicyclic) bond motifs is 1. The number of hydrogen-bond donors (Lipinski definition) is 3. The first-order valence-electron chi connectivity index (χ1n) is 7.41. The Balaban J connectivity index is 1.52. The van der Waals surface area contributed by atoms with Gasteiger partial charge in [0.2, 0.25) is 0 Å². The molecule has 1 unspecified atom stereocenters. The Morgan fingerprint density at radius 3 is 2.95 bits per heavy atom. The fourth-order valence-corrected chi connectivity index (χ4v) is 3.73. The number of aliphatic carboxylic acids is 1. The van der Waals surface area contributed by atoms with E-state index in [4.69, 9.17) is 5.11 Å². The van der Waals surface area contributed by atoms with Gasteiger partial charge >= 0.3 is 5.97 Å². The van der Waals surface area contributed by atoms with Crippen LogP contribution < -0.4 is 5.32 Å².